The van der Waals surface area contributed by atoms with Gasteiger partial charge >= 0.3 is 5.69 Å². The summed E-state index contributed by atoms with van der Waals surface area (Å²) in [6.07, 6.45) is 0. The number of benzene rings is 3. The van der Waals surface area contributed by atoms with Crippen molar-refractivity contribution in [2.75, 3.05) is 0 Å². The first kappa shape index (κ1) is 18.3. The van der Waals surface area contributed by atoms with Crippen LogP contribution in [0.1, 0.15) is 20.8 Å². The van der Waals surface area contributed by atoms with Crippen LogP contribution in [-0.4, -0.2) is 9.13 Å². The number of nitrogens with zero attached hydrogens (tertiary/aromatic N) is 2. The van der Waals surface area contributed by atoms with Gasteiger partial charge in [-0.25, -0.2) is 4.79 Å². The van der Waals surface area contributed by atoms with Crippen LogP contribution in [0.5, 0.6) is 0 Å². The molecule has 0 spiro atoms. The minimum atomic E-state index is 0.0418. The fourth-order valence-electron chi connectivity index (χ4n) is 3.72. The Hall–Kier alpha value is -3.07. The number of hydrogen-bond donors (Lipinski definition) is 0. The second kappa shape index (κ2) is 6.83. The minimum Gasteiger partial charge on any atom is -0.295 e. The van der Waals surface area contributed by atoms with Crippen molar-refractivity contribution in [3.05, 3.63) is 83.3 Å². The topological polar surface area (TPSA) is 26.9 Å². The molecule has 4 aromatic rings. The van der Waals surface area contributed by atoms with Crippen LogP contribution in [0.25, 0.3) is 33.3 Å². The number of hydrogen-bond acceptors (Lipinski definition) is 1. The van der Waals surface area contributed by atoms with Crippen LogP contribution >= 0.6 is 0 Å². The van der Waals surface area contributed by atoms with Crippen molar-refractivity contribution in [3.63, 3.8) is 0 Å². The largest absolute Gasteiger partial charge is 0.328 e. The first-order valence-electron chi connectivity index (χ1n) is 9.69. The maximum absolute atomic E-state index is 12.8. The zero-order valence-electron chi connectivity index (χ0n) is 16.9. The molecule has 28 heavy (non-hydrogen) atoms. The molecular weight excluding hydrogens is 344 g/mol. The monoisotopic (exact) mass is 370 g/mol. The Labute approximate surface area is 165 Å². The third-order valence-corrected chi connectivity index (χ3v) is 5.08. The van der Waals surface area contributed by atoms with Gasteiger partial charge < -0.3 is 0 Å². The summed E-state index contributed by atoms with van der Waals surface area (Å²) in [5.41, 5.74) is 6.71. The Morgan fingerprint density at radius 2 is 1.32 bits per heavy atom. The molecule has 0 bridgehead atoms. The van der Waals surface area contributed by atoms with Crippen molar-refractivity contribution in [1.29, 1.82) is 0 Å². The maximum Gasteiger partial charge on any atom is 0.328 e. The number of imidazole rings is 1. The van der Waals surface area contributed by atoms with Crippen LogP contribution in [0.15, 0.2) is 77.6 Å². The van der Waals surface area contributed by atoms with Crippen LogP contribution < -0.4 is 5.69 Å². The molecule has 1 heterocycles. The molecule has 0 saturated carbocycles. The van der Waals surface area contributed by atoms with E-state index >= 15 is 0 Å². The minimum absolute atomic E-state index is 0.0418. The van der Waals surface area contributed by atoms with Gasteiger partial charge in [0.2, 0.25) is 0 Å². The van der Waals surface area contributed by atoms with E-state index in [0.29, 0.717) is 6.54 Å². The van der Waals surface area contributed by atoms with Crippen LogP contribution in [0.4, 0.5) is 0 Å². The summed E-state index contributed by atoms with van der Waals surface area (Å²) in [6.45, 7) is 7.16. The quantitative estimate of drug-likeness (QED) is 0.453. The lowest BCUT2D eigenvalue weighted by Crippen LogP contribution is -2.27. The molecule has 0 fully saturated rings. The van der Waals surface area contributed by atoms with Gasteiger partial charge in [-0.2, -0.15) is 0 Å². The summed E-state index contributed by atoms with van der Waals surface area (Å²) >= 11 is 0. The number of aromatic nitrogens is 2. The van der Waals surface area contributed by atoms with Crippen molar-refractivity contribution in [3.8, 4) is 22.3 Å². The number of fused-ring (bicyclic) bond motifs is 1. The molecule has 3 heteroatoms. The number of rotatable bonds is 3. The van der Waals surface area contributed by atoms with Gasteiger partial charge in [0.05, 0.1) is 11.0 Å². The normalized spacial score (nSPS) is 11.9. The van der Waals surface area contributed by atoms with E-state index in [1.54, 1.807) is 4.57 Å². The van der Waals surface area contributed by atoms with E-state index in [0.717, 1.165) is 22.2 Å². The Kier molecular flexibility index (Phi) is 4.46. The van der Waals surface area contributed by atoms with Crippen LogP contribution in [0.3, 0.4) is 0 Å². The second-order valence-electron chi connectivity index (χ2n) is 8.64. The average Bonchev–Trinajstić information content (AvgIpc) is 2.92. The summed E-state index contributed by atoms with van der Waals surface area (Å²) in [7, 11) is 1.86. The van der Waals surface area contributed by atoms with Crippen molar-refractivity contribution < 1.29 is 0 Å². The molecule has 0 aliphatic carbocycles. The van der Waals surface area contributed by atoms with Gasteiger partial charge in [0, 0.05) is 13.6 Å². The molecule has 0 atom stereocenters. The van der Waals surface area contributed by atoms with E-state index in [1.807, 2.05) is 17.7 Å². The lowest BCUT2D eigenvalue weighted by molar-refractivity contribution is 0.342. The second-order valence-corrected chi connectivity index (χ2v) is 8.64. The van der Waals surface area contributed by atoms with Gasteiger partial charge in [-0.15, -0.1) is 0 Å². The fraction of sp³-hybridized carbons (Fsp3) is 0.240. The molecule has 0 amide bonds. The molecule has 142 valence electrons. The molecule has 3 aromatic carbocycles. The number of aryl methyl sites for hydroxylation is 1. The zero-order chi connectivity index (χ0) is 19.9. The van der Waals surface area contributed by atoms with E-state index in [-0.39, 0.29) is 11.1 Å². The SMILES string of the molecule is Cn1c(=O)n(CC(C)(C)C)c2ccc(-c3cccc(-c4ccccc4)c3)cc21. The molecule has 1 aromatic heterocycles. The molecule has 4 rings (SSSR count). The summed E-state index contributed by atoms with van der Waals surface area (Å²) in [6, 6.07) is 25.3. The third-order valence-electron chi connectivity index (χ3n) is 5.08. The molecule has 0 radical (unpaired) electrons. The lowest BCUT2D eigenvalue weighted by Gasteiger charge is -2.18. The van der Waals surface area contributed by atoms with Crippen LogP contribution in [0.2, 0.25) is 0 Å². The summed E-state index contributed by atoms with van der Waals surface area (Å²) in [5.74, 6) is 0. The van der Waals surface area contributed by atoms with Gasteiger partial charge in [-0.1, -0.05) is 75.4 Å². The molecule has 3 nitrogen and oxygen atoms in total. The molecule has 0 aliphatic rings. The summed E-state index contributed by atoms with van der Waals surface area (Å²) in [5, 5.41) is 0. The van der Waals surface area contributed by atoms with Gasteiger partial charge in [-0.3, -0.25) is 9.13 Å². The van der Waals surface area contributed by atoms with Crippen molar-refractivity contribution >= 4 is 11.0 Å². The van der Waals surface area contributed by atoms with Crippen molar-refractivity contribution in [2.24, 2.45) is 12.5 Å². The highest BCUT2D eigenvalue weighted by molar-refractivity contribution is 5.84. The first-order valence-corrected chi connectivity index (χ1v) is 9.69. The fourth-order valence-corrected chi connectivity index (χ4v) is 3.72. The van der Waals surface area contributed by atoms with Crippen molar-refractivity contribution in [1.82, 2.24) is 9.13 Å². The highest BCUT2D eigenvalue weighted by Crippen LogP contribution is 2.29. The van der Waals surface area contributed by atoms with E-state index in [2.05, 4.69) is 87.5 Å². The van der Waals surface area contributed by atoms with Crippen molar-refractivity contribution in [2.45, 2.75) is 27.3 Å². The van der Waals surface area contributed by atoms with E-state index in [1.165, 1.54) is 11.1 Å². The average molecular weight is 370 g/mol. The predicted molar refractivity (Wildman–Crippen MR) is 118 cm³/mol. The molecule has 0 unspecified atom stereocenters. The standard InChI is InChI=1S/C25H26N2O/c1-25(2,3)17-27-22-14-13-21(16-23(22)26(4)24(27)28)20-12-8-11-19(15-20)18-9-6-5-7-10-18/h5-16H,17H2,1-4H3. The molecule has 0 N–H and O–H groups in total. The lowest BCUT2D eigenvalue weighted by atomic mass is 9.96. The highest BCUT2D eigenvalue weighted by Gasteiger charge is 2.18. The Morgan fingerprint density at radius 1 is 0.714 bits per heavy atom. The Balaban J connectivity index is 1.81. The smallest absolute Gasteiger partial charge is 0.295 e. The van der Waals surface area contributed by atoms with Crippen LogP contribution in [-0.2, 0) is 13.6 Å². The zero-order valence-corrected chi connectivity index (χ0v) is 16.9. The first-order chi connectivity index (χ1) is 13.3. The van der Waals surface area contributed by atoms with Crippen LogP contribution in [0, 0.1) is 5.41 Å². The Bertz CT molecular complexity index is 1190. The van der Waals surface area contributed by atoms with Gasteiger partial charge in [0.1, 0.15) is 0 Å². The van der Waals surface area contributed by atoms with Gasteiger partial charge in [0.15, 0.2) is 0 Å². The van der Waals surface area contributed by atoms with Gasteiger partial charge in [0.25, 0.3) is 0 Å². The summed E-state index contributed by atoms with van der Waals surface area (Å²) in [4.78, 5) is 12.8. The predicted octanol–water partition coefficient (Wildman–Crippen LogP) is 5.72. The van der Waals surface area contributed by atoms with E-state index < -0.39 is 0 Å². The van der Waals surface area contributed by atoms with E-state index in [4.69, 9.17) is 0 Å². The highest BCUT2D eigenvalue weighted by atomic mass is 16.1. The Morgan fingerprint density at radius 3 is 2.00 bits per heavy atom. The molecule has 0 saturated heterocycles. The molecular formula is C25H26N2O. The van der Waals surface area contributed by atoms with E-state index in [9.17, 15) is 4.79 Å². The van der Waals surface area contributed by atoms with Gasteiger partial charge in [-0.05, 0) is 45.9 Å². The maximum atomic E-state index is 12.8. The molecule has 0 aliphatic heterocycles. The summed E-state index contributed by atoms with van der Waals surface area (Å²) < 4.78 is 3.64. The third kappa shape index (κ3) is 3.40.